The van der Waals surface area contributed by atoms with Crippen molar-refractivity contribution in [1.82, 2.24) is 9.78 Å². The van der Waals surface area contributed by atoms with Crippen molar-refractivity contribution in [2.75, 3.05) is 7.11 Å². The van der Waals surface area contributed by atoms with Crippen LogP contribution in [0.25, 0.3) is 0 Å². The Hall–Kier alpha value is -1.81. The van der Waals surface area contributed by atoms with Crippen molar-refractivity contribution in [2.45, 2.75) is 26.8 Å². The summed E-state index contributed by atoms with van der Waals surface area (Å²) in [6.07, 6.45) is 0.264. The van der Waals surface area contributed by atoms with Gasteiger partial charge in [0.1, 0.15) is 0 Å². The van der Waals surface area contributed by atoms with Crippen LogP contribution in [0.3, 0.4) is 0 Å². The maximum Gasteiger partial charge on any atom is 0.309 e. The minimum Gasteiger partial charge on any atom is -0.469 e. The second-order valence-electron chi connectivity index (χ2n) is 4.66. The van der Waals surface area contributed by atoms with Gasteiger partial charge in [-0.15, -0.1) is 0 Å². The van der Waals surface area contributed by atoms with Gasteiger partial charge < -0.3 is 4.74 Å². The number of aryl methyl sites for hydroxylation is 1. The maximum atomic E-state index is 11.4. The van der Waals surface area contributed by atoms with Crippen LogP contribution in [-0.2, 0) is 22.5 Å². The summed E-state index contributed by atoms with van der Waals surface area (Å²) in [5, 5.41) is 5.10. The number of benzene rings is 1. The van der Waals surface area contributed by atoms with Crippen LogP contribution < -0.4 is 0 Å². The van der Waals surface area contributed by atoms with Gasteiger partial charge >= 0.3 is 5.97 Å². The molecule has 0 spiro atoms. The number of hydrogen-bond acceptors (Lipinski definition) is 3. The van der Waals surface area contributed by atoms with Gasteiger partial charge in [0.2, 0.25) is 0 Å². The van der Waals surface area contributed by atoms with Crippen molar-refractivity contribution in [3.05, 3.63) is 51.8 Å². The number of esters is 1. The molecule has 0 atom stereocenters. The van der Waals surface area contributed by atoms with Crippen LogP contribution in [0.5, 0.6) is 0 Å². The van der Waals surface area contributed by atoms with Crippen molar-refractivity contribution < 1.29 is 9.53 Å². The normalized spacial score (nSPS) is 10.6. The smallest absolute Gasteiger partial charge is 0.309 e. The lowest BCUT2D eigenvalue weighted by atomic mass is 10.0. The third-order valence-electron chi connectivity index (χ3n) is 3.29. The first-order chi connectivity index (χ1) is 9.52. The first kappa shape index (κ1) is 14.6. The molecule has 5 heteroatoms. The predicted molar refractivity (Wildman–Crippen MR) is 78.0 cm³/mol. The van der Waals surface area contributed by atoms with Gasteiger partial charge in [-0.05, 0) is 25.0 Å². The van der Waals surface area contributed by atoms with Crippen molar-refractivity contribution >= 4 is 17.6 Å². The first-order valence-corrected chi connectivity index (χ1v) is 6.73. The molecule has 0 radical (unpaired) electrons. The Kier molecular flexibility index (Phi) is 4.45. The summed E-state index contributed by atoms with van der Waals surface area (Å²) in [7, 11) is 1.39. The van der Waals surface area contributed by atoms with E-state index in [4.69, 9.17) is 16.3 Å². The van der Waals surface area contributed by atoms with E-state index >= 15 is 0 Å². The maximum absolute atomic E-state index is 11.4. The van der Waals surface area contributed by atoms with Gasteiger partial charge in [0.05, 0.1) is 36.5 Å². The molecule has 4 nitrogen and oxygen atoms in total. The highest BCUT2D eigenvalue weighted by molar-refractivity contribution is 6.31. The van der Waals surface area contributed by atoms with Crippen LogP contribution in [0.1, 0.15) is 22.5 Å². The van der Waals surface area contributed by atoms with Gasteiger partial charge in [0.15, 0.2) is 0 Å². The summed E-state index contributed by atoms with van der Waals surface area (Å²) in [5.41, 5.74) is 3.73. The van der Waals surface area contributed by atoms with E-state index in [0.29, 0.717) is 11.6 Å². The van der Waals surface area contributed by atoms with Crippen molar-refractivity contribution in [3.63, 3.8) is 0 Å². The molecule has 0 aliphatic carbocycles. The number of methoxy groups -OCH3 is 1. The van der Waals surface area contributed by atoms with Gasteiger partial charge in [0, 0.05) is 0 Å². The third kappa shape index (κ3) is 3.02. The van der Waals surface area contributed by atoms with Gasteiger partial charge in [-0.3, -0.25) is 9.48 Å². The van der Waals surface area contributed by atoms with E-state index in [2.05, 4.69) is 5.10 Å². The number of hydrogen-bond donors (Lipinski definition) is 0. The average Bonchev–Trinajstić information content (AvgIpc) is 2.68. The summed E-state index contributed by atoms with van der Waals surface area (Å²) < 4.78 is 6.58. The average molecular weight is 293 g/mol. The Labute approximate surface area is 123 Å². The van der Waals surface area contributed by atoms with E-state index in [1.165, 1.54) is 7.11 Å². The van der Waals surface area contributed by atoms with E-state index in [1.54, 1.807) is 0 Å². The fourth-order valence-electron chi connectivity index (χ4n) is 2.10. The number of rotatable bonds is 4. The van der Waals surface area contributed by atoms with Crippen molar-refractivity contribution in [3.8, 4) is 0 Å². The quantitative estimate of drug-likeness (QED) is 0.814. The third-order valence-corrected chi connectivity index (χ3v) is 3.84. The summed E-state index contributed by atoms with van der Waals surface area (Å²) in [4.78, 5) is 11.4. The van der Waals surface area contributed by atoms with Crippen LogP contribution in [0, 0.1) is 13.8 Å². The van der Waals surface area contributed by atoms with E-state index in [9.17, 15) is 4.79 Å². The minimum atomic E-state index is -0.246. The molecule has 0 saturated heterocycles. The molecule has 2 rings (SSSR count). The number of carbonyl (C=O) groups is 1. The molecule has 0 unspecified atom stereocenters. The van der Waals surface area contributed by atoms with Gasteiger partial charge in [-0.25, -0.2) is 0 Å². The van der Waals surface area contributed by atoms with E-state index in [-0.39, 0.29) is 12.4 Å². The summed E-state index contributed by atoms with van der Waals surface area (Å²) >= 11 is 6.15. The lowest BCUT2D eigenvalue weighted by Gasteiger charge is -2.10. The molecule has 0 bridgehead atoms. The zero-order chi connectivity index (χ0) is 14.7. The van der Waals surface area contributed by atoms with E-state index < -0.39 is 0 Å². The van der Waals surface area contributed by atoms with Crippen LogP contribution in [0.15, 0.2) is 24.3 Å². The second-order valence-corrected chi connectivity index (χ2v) is 5.04. The van der Waals surface area contributed by atoms with Crippen LogP contribution >= 0.6 is 11.6 Å². The molecule has 20 heavy (non-hydrogen) atoms. The molecule has 1 aromatic carbocycles. The van der Waals surface area contributed by atoms with Crippen LogP contribution in [-0.4, -0.2) is 22.9 Å². The van der Waals surface area contributed by atoms with E-state index in [1.807, 2.05) is 42.8 Å². The number of nitrogens with zero attached hydrogens (tertiary/aromatic N) is 2. The highest BCUT2D eigenvalue weighted by Gasteiger charge is 2.12. The number of aromatic nitrogens is 2. The molecule has 0 N–H and O–H groups in total. The SMILES string of the molecule is COC(=O)Cc1ccccc1Cn1nc(C)c(Cl)c1C. The Morgan fingerprint density at radius 1 is 1.30 bits per heavy atom. The summed E-state index contributed by atoms with van der Waals surface area (Å²) in [6.45, 7) is 4.41. The largest absolute Gasteiger partial charge is 0.469 e. The second kappa shape index (κ2) is 6.09. The Bertz CT molecular complexity index is 635. The van der Waals surface area contributed by atoms with E-state index in [0.717, 1.165) is 22.5 Å². The first-order valence-electron chi connectivity index (χ1n) is 6.36. The predicted octanol–water partition coefficient (Wildman–Crippen LogP) is 2.92. The molecule has 0 fully saturated rings. The lowest BCUT2D eigenvalue weighted by molar-refractivity contribution is -0.139. The van der Waals surface area contributed by atoms with Crippen molar-refractivity contribution in [1.29, 1.82) is 0 Å². The van der Waals surface area contributed by atoms with Crippen LogP contribution in [0.2, 0.25) is 5.02 Å². The fraction of sp³-hybridized carbons (Fsp3) is 0.333. The zero-order valence-electron chi connectivity index (χ0n) is 11.8. The minimum absolute atomic E-state index is 0.246. The molecular weight excluding hydrogens is 276 g/mol. The Balaban J connectivity index is 2.29. The number of ether oxygens (including phenoxy) is 1. The van der Waals surface area contributed by atoms with Crippen molar-refractivity contribution in [2.24, 2.45) is 0 Å². The summed E-state index contributed by atoms with van der Waals surface area (Å²) in [5.74, 6) is -0.246. The molecule has 106 valence electrons. The zero-order valence-corrected chi connectivity index (χ0v) is 12.6. The summed E-state index contributed by atoms with van der Waals surface area (Å²) in [6, 6.07) is 7.78. The Morgan fingerprint density at radius 3 is 2.50 bits per heavy atom. The molecule has 0 saturated carbocycles. The monoisotopic (exact) mass is 292 g/mol. The van der Waals surface area contributed by atoms with Gasteiger partial charge in [-0.1, -0.05) is 35.9 Å². The highest BCUT2D eigenvalue weighted by atomic mass is 35.5. The van der Waals surface area contributed by atoms with Gasteiger partial charge in [0.25, 0.3) is 0 Å². The number of halogens is 1. The lowest BCUT2D eigenvalue weighted by Crippen LogP contribution is -2.10. The standard InChI is InChI=1S/C15H17ClN2O2/c1-10-15(16)11(2)18(17-10)9-13-7-5-4-6-12(13)8-14(19)20-3/h4-7H,8-9H2,1-3H3. The van der Waals surface area contributed by atoms with Crippen LogP contribution in [0.4, 0.5) is 0 Å². The molecule has 1 heterocycles. The molecular formula is C15H17ClN2O2. The fourth-order valence-corrected chi connectivity index (χ4v) is 2.24. The number of carbonyl (C=O) groups excluding carboxylic acids is 1. The topological polar surface area (TPSA) is 44.1 Å². The molecule has 0 aliphatic heterocycles. The highest BCUT2D eigenvalue weighted by Crippen LogP contribution is 2.21. The molecule has 2 aromatic rings. The molecule has 1 aromatic heterocycles. The molecule has 0 amide bonds. The van der Waals surface area contributed by atoms with Gasteiger partial charge in [-0.2, -0.15) is 5.10 Å². The Morgan fingerprint density at radius 2 is 1.95 bits per heavy atom. The molecule has 0 aliphatic rings.